The molecular weight excluding hydrogens is 469 g/mol. The Hall–Kier alpha value is -1.93. The molecule has 0 aliphatic rings. The number of nitrogens with one attached hydrogen (secondary N) is 3. The Bertz CT molecular complexity index is 935. The average Bonchev–Trinajstić information content (AvgIpc) is 2.68. The van der Waals surface area contributed by atoms with Crippen LogP contribution >= 0.6 is 47.0 Å². The first kappa shape index (κ1) is 24.3. The van der Waals surface area contributed by atoms with Crippen molar-refractivity contribution in [3.63, 3.8) is 0 Å². The first-order chi connectivity index (χ1) is 14.0. The summed E-state index contributed by atoms with van der Waals surface area (Å²) in [4.78, 5) is 12.7. The zero-order valence-electron chi connectivity index (χ0n) is 16.8. The summed E-state index contributed by atoms with van der Waals surface area (Å²) in [6.45, 7) is 3.94. The molecule has 0 heterocycles. The minimum atomic E-state index is -1.87. The summed E-state index contributed by atoms with van der Waals surface area (Å²) < 4.78 is 8.52. The van der Waals surface area contributed by atoms with Gasteiger partial charge in [0.25, 0.3) is 5.91 Å². The number of carbonyl (C=O) groups excluding carboxylic acids is 1. The van der Waals surface area contributed by atoms with Crippen molar-refractivity contribution in [2.24, 2.45) is 0 Å². The first-order valence-electron chi connectivity index (χ1n) is 8.79. The van der Waals surface area contributed by atoms with Gasteiger partial charge in [0, 0.05) is 11.3 Å². The molecule has 0 saturated carbocycles. The number of aryl methyl sites for hydroxylation is 2. The molecule has 0 aromatic heterocycles. The number of amides is 1. The van der Waals surface area contributed by atoms with Crippen molar-refractivity contribution in [1.29, 1.82) is 0 Å². The lowest BCUT2D eigenvalue weighted by Gasteiger charge is -2.28. The van der Waals surface area contributed by atoms with Crippen LogP contribution in [0.15, 0.2) is 36.4 Å². The molecule has 1 atom stereocenters. The van der Waals surface area contributed by atoms with E-state index in [0.29, 0.717) is 17.1 Å². The Morgan fingerprint density at radius 1 is 1.00 bits per heavy atom. The van der Waals surface area contributed by atoms with Crippen LogP contribution in [0.25, 0.3) is 0 Å². The lowest BCUT2D eigenvalue weighted by molar-refractivity contribution is 0.0934. The van der Waals surface area contributed by atoms with Crippen molar-refractivity contribution in [2.45, 2.75) is 23.8 Å². The van der Waals surface area contributed by atoms with Gasteiger partial charge in [0.05, 0.1) is 14.2 Å². The van der Waals surface area contributed by atoms with E-state index in [0.717, 1.165) is 16.8 Å². The van der Waals surface area contributed by atoms with Crippen molar-refractivity contribution in [1.82, 2.24) is 10.6 Å². The van der Waals surface area contributed by atoms with Gasteiger partial charge in [-0.15, -0.1) is 0 Å². The van der Waals surface area contributed by atoms with Crippen LogP contribution in [-0.2, 0) is 0 Å². The van der Waals surface area contributed by atoms with Gasteiger partial charge in [-0.2, -0.15) is 0 Å². The highest BCUT2D eigenvalue weighted by molar-refractivity contribution is 7.80. The topological polar surface area (TPSA) is 71.6 Å². The number of carbonyl (C=O) groups is 1. The summed E-state index contributed by atoms with van der Waals surface area (Å²) in [5.74, 6) is 0.397. The second-order valence-corrected chi connectivity index (χ2v) is 9.21. The summed E-state index contributed by atoms with van der Waals surface area (Å²) in [7, 11) is 2.98. The molecule has 0 aliphatic heterocycles. The highest BCUT2D eigenvalue weighted by Crippen LogP contribution is 2.30. The molecule has 0 radical (unpaired) electrons. The van der Waals surface area contributed by atoms with Gasteiger partial charge in [-0.05, 0) is 55.9 Å². The van der Waals surface area contributed by atoms with Gasteiger partial charge < -0.3 is 25.4 Å². The summed E-state index contributed by atoms with van der Waals surface area (Å²) in [5.41, 5.74) is 3.21. The maximum atomic E-state index is 12.7. The number of hydrogen-bond donors (Lipinski definition) is 3. The zero-order chi connectivity index (χ0) is 22.5. The third-order valence-electron chi connectivity index (χ3n) is 4.15. The van der Waals surface area contributed by atoms with Crippen LogP contribution in [0.2, 0.25) is 0 Å². The van der Waals surface area contributed by atoms with E-state index in [1.54, 1.807) is 12.1 Å². The third-order valence-corrected chi connectivity index (χ3v) is 5.03. The van der Waals surface area contributed by atoms with Gasteiger partial charge in [-0.1, -0.05) is 52.5 Å². The Morgan fingerprint density at radius 3 is 2.23 bits per heavy atom. The van der Waals surface area contributed by atoms with E-state index in [2.05, 4.69) is 16.0 Å². The molecule has 30 heavy (non-hydrogen) atoms. The lowest BCUT2D eigenvalue weighted by atomic mass is 10.1. The average molecular weight is 491 g/mol. The zero-order valence-corrected chi connectivity index (χ0v) is 19.9. The molecule has 0 spiro atoms. The van der Waals surface area contributed by atoms with E-state index in [1.165, 1.54) is 20.3 Å². The van der Waals surface area contributed by atoms with Crippen molar-refractivity contribution in [3.8, 4) is 11.5 Å². The highest BCUT2D eigenvalue weighted by atomic mass is 35.6. The maximum absolute atomic E-state index is 12.7. The molecule has 10 heteroatoms. The molecule has 2 aromatic rings. The number of ether oxygens (including phenoxy) is 2. The van der Waals surface area contributed by atoms with Gasteiger partial charge in [0.1, 0.15) is 6.17 Å². The molecule has 0 bridgehead atoms. The van der Waals surface area contributed by atoms with E-state index in [1.807, 2.05) is 32.0 Å². The maximum Gasteiger partial charge on any atom is 0.253 e. The first-order valence-corrected chi connectivity index (χ1v) is 10.3. The van der Waals surface area contributed by atoms with E-state index in [4.69, 9.17) is 56.5 Å². The molecule has 2 rings (SSSR count). The number of thiocarbonyl (C=S) groups is 1. The SMILES string of the molecule is COc1ccc(C(=O)NC(NC(=S)Nc2ccc(C)cc2C)C(Cl)(Cl)Cl)cc1OC. The van der Waals surface area contributed by atoms with E-state index in [-0.39, 0.29) is 5.11 Å². The van der Waals surface area contributed by atoms with Crippen molar-refractivity contribution >= 4 is 63.7 Å². The monoisotopic (exact) mass is 489 g/mol. The van der Waals surface area contributed by atoms with Gasteiger partial charge >= 0.3 is 0 Å². The molecule has 6 nitrogen and oxygen atoms in total. The molecule has 2 aromatic carbocycles. The van der Waals surface area contributed by atoms with Gasteiger partial charge in [0.2, 0.25) is 3.79 Å². The van der Waals surface area contributed by atoms with Crippen LogP contribution in [0.4, 0.5) is 5.69 Å². The molecule has 1 unspecified atom stereocenters. The summed E-state index contributed by atoms with van der Waals surface area (Å²) in [6, 6.07) is 10.6. The molecule has 0 aliphatic carbocycles. The summed E-state index contributed by atoms with van der Waals surface area (Å²) in [5, 5.41) is 8.70. The number of halogens is 3. The molecular formula is C20H22Cl3N3O3S. The molecule has 3 N–H and O–H groups in total. The van der Waals surface area contributed by atoms with Crippen LogP contribution in [0.5, 0.6) is 11.5 Å². The highest BCUT2D eigenvalue weighted by Gasteiger charge is 2.35. The second-order valence-electron chi connectivity index (χ2n) is 6.43. The third kappa shape index (κ3) is 6.54. The number of methoxy groups -OCH3 is 2. The smallest absolute Gasteiger partial charge is 0.253 e. The second kappa shape index (κ2) is 10.4. The Kier molecular flexibility index (Phi) is 8.43. The number of alkyl halides is 3. The van der Waals surface area contributed by atoms with E-state index in [9.17, 15) is 4.79 Å². The van der Waals surface area contributed by atoms with Crippen LogP contribution < -0.4 is 25.4 Å². The van der Waals surface area contributed by atoms with Gasteiger partial charge in [0.15, 0.2) is 16.6 Å². The normalized spacial score (nSPS) is 12.0. The minimum Gasteiger partial charge on any atom is -0.493 e. The lowest BCUT2D eigenvalue weighted by Crippen LogP contribution is -2.56. The fourth-order valence-electron chi connectivity index (χ4n) is 2.63. The van der Waals surface area contributed by atoms with Crippen LogP contribution in [0.3, 0.4) is 0 Å². The predicted octanol–water partition coefficient (Wildman–Crippen LogP) is 4.73. The van der Waals surface area contributed by atoms with Gasteiger partial charge in [-0.25, -0.2) is 0 Å². The molecule has 1 amide bonds. The number of anilines is 1. The largest absolute Gasteiger partial charge is 0.493 e. The van der Waals surface area contributed by atoms with E-state index >= 15 is 0 Å². The van der Waals surface area contributed by atoms with Gasteiger partial charge in [-0.3, -0.25) is 4.79 Å². The van der Waals surface area contributed by atoms with Crippen LogP contribution in [-0.4, -0.2) is 35.2 Å². The van der Waals surface area contributed by atoms with Crippen LogP contribution in [0, 0.1) is 13.8 Å². The Morgan fingerprint density at radius 2 is 1.67 bits per heavy atom. The van der Waals surface area contributed by atoms with Crippen LogP contribution in [0.1, 0.15) is 21.5 Å². The number of hydrogen-bond acceptors (Lipinski definition) is 4. The Balaban J connectivity index is 2.14. The van der Waals surface area contributed by atoms with Crippen molar-refractivity contribution in [2.75, 3.05) is 19.5 Å². The quantitative estimate of drug-likeness (QED) is 0.309. The minimum absolute atomic E-state index is 0.186. The summed E-state index contributed by atoms with van der Waals surface area (Å²) >= 11 is 23.5. The fourth-order valence-corrected chi connectivity index (χ4v) is 3.19. The number of rotatable bonds is 6. The summed E-state index contributed by atoms with van der Waals surface area (Å²) in [6.07, 6.45) is -1.10. The van der Waals surface area contributed by atoms with E-state index < -0.39 is 15.9 Å². The van der Waals surface area contributed by atoms with Crippen molar-refractivity contribution in [3.05, 3.63) is 53.1 Å². The number of benzene rings is 2. The predicted molar refractivity (Wildman–Crippen MR) is 126 cm³/mol. The van der Waals surface area contributed by atoms with Crippen molar-refractivity contribution < 1.29 is 14.3 Å². The Labute approximate surface area is 196 Å². The molecule has 0 saturated heterocycles. The molecule has 162 valence electrons. The fraction of sp³-hybridized carbons (Fsp3) is 0.300. The molecule has 0 fully saturated rings. The standard InChI is InChI=1S/C20H22Cl3N3O3S/c1-11-5-7-14(12(2)9-11)24-19(30)26-18(20(21,22)23)25-17(27)13-6-8-15(28-3)16(10-13)29-4/h5-10,18H,1-4H3,(H,25,27)(H2,24,26,30).